The minimum Gasteiger partial charge on any atom is -0.138 e. The van der Waals surface area contributed by atoms with Crippen molar-refractivity contribution in [2.24, 2.45) is 0 Å². The Morgan fingerprint density at radius 3 is 1.69 bits per heavy atom. The molecule has 1 heterocycles. The van der Waals surface area contributed by atoms with Gasteiger partial charge in [-0.3, -0.25) is 0 Å². The Hall–Kier alpha value is -3.56. The molecule has 0 bridgehead atoms. The lowest BCUT2D eigenvalue weighted by Crippen LogP contribution is -2.25. The summed E-state index contributed by atoms with van der Waals surface area (Å²) < 4.78 is 4.94. The van der Waals surface area contributed by atoms with Crippen molar-refractivity contribution in [1.29, 1.82) is 0 Å². The van der Waals surface area contributed by atoms with Crippen molar-refractivity contribution < 1.29 is 0 Å². The summed E-state index contributed by atoms with van der Waals surface area (Å²) in [6, 6.07) is 29.7. The standard InChI is InChI=1S/C20H12.C6H4N2S/c1-3-7-15-13(5-1)11-19-17(15)9-10-18-16-8-4-2-6-14(16)12-20(18)19;1-2-4-6-5(3-1)7-8-9-6/h1-12H;1-4H. The third-order valence-corrected chi connectivity index (χ3v) is 6.25. The molecule has 0 radical (unpaired) electrons. The summed E-state index contributed by atoms with van der Waals surface area (Å²) >= 11 is 1.43. The highest BCUT2D eigenvalue weighted by atomic mass is 32.1. The van der Waals surface area contributed by atoms with Gasteiger partial charge < -0.3 is 0 Å². The van der Waals surface area contributed by atoms with Crippen LogP contribution < -0.4 is 10.4 Å². The molecule has 0 fully saturated rings. The van der Waals surface area contributed by atoms with Crippen LogP contribution in [0.15, 0.2) is 84.9 Å². The molecule has 1 aromatic heterocycles. The van der Waals surface area contributed by atoms with Crippen molar-refractivity contribution in [1.82, 2.24) is 9.59 Å². The van der Waals surface area contributed by atoms with E-state index in [1.807, 2.05) is 24.3 Å². The molecule has 0 unspecified atom stereocenters. The number of hydrogen-bond acceptors (Lipinski definition) is 3. The molecule has 0 N–H and O–H groups in total. The zero-order valence-corrected chi connectivity index (χ0v) is 16.4. The molecule has 0 aliphatic heterocycles. The van der Waals surface area contributed by atoms with Gasteiger partial charge in [0.05, 0.1) is 4.70 Å². The second kappa shape index (κ2) is 6.50. The van der Waals surface area contributed by atoms with Crippen LogP contribution >= 0.6 is 11.5 Å². The highest BCUT2D eigenvalue weighted by Gasteiger charge is 2.17. The zero-order chi connectivity index (χ0) is 19.2. The maximum atomic E-state index is 3.89. The average Bonchev–Trinajstić information content (AvgIpc) is 3.48. The van der Waals surface area contributed by atoms with Crippen molar-refractivity contribution in [2.75, 3.05) is 0 Å². The van der Waals surface area contributed by atoms with Gasteiger partial charge in [-0.1, -0.05) is 77.3 Å². The van der Waals surface area contributed by atoms with Gasteiger partial charge in [-0.05, 0) is 79.6 Å². The van der Waals surface area contributed by atoms with E-state index >= 15 is 0 Å². The van der Waals surface area contributed by atoms with Crippen LogP contribution in [0.1, 0.15) is 11.1 Å². The summed E-state index contributed by atoms with van der Waals surface area (Å²) in [6.07, 6.45) is 4.65. The first kappa shape index (κ1) is 16.4. The van der Waals surface area contributed by atoms with Crippen LogP contribution in [-0.4, -0.2) is 9.59 Å². The first-order valence-corrected chi connectivity index (χ1v) is 10.4. The Bertz CT molecular complexity index is 1400. The second-order valence-electron chi connectivity index (χ2n) is 7.19. The first-order valence-electron chi connectivity index (χ1n) is 9.61. The predicted octanol–water partition coefficient (Wildman–Crippen LogP) is 5.00. The molecule has 4 aromatic carbocycles. The van der Waals surface area contributed by atoms with E-state index in [-0.39, 0.29) is 0 Å². The summed E-state index contributed by atoms with van der Waals surface area (Å²) in [5.41, 5.74) is 9.10. The van der Waals surface area contributed by atoms with Gasteiger partial charge in [0.1, 0.15) is 5.52 Å². The van der Waals surface area contributed by atoms with Gasteiger partial charge in [0.2, 0.25) is 0 Å². The monoisotopic (exact) mass is 388 g/mol. The van der Waals surface area contributed by atoms with Gasteiger partial charge in [0, 0.05) is 0 Å². The molecule has 0 saturated heterocycles. The van der Waals surface area contributed by atoms with Crippen molar-refractivity contribution in [3.63, 3.8) is 0 Å². The van der Waals surface area contributed by atoms with Gasteiger partial charge in [0.25, 0.3) is 0 Å². The third kappa shape index (κ3) is 2.63. The fourth-order valence-corrected chi connectivity index (χ4v) is 4.75. The topological polar surface area (TPSA) is 25.8 Å². The Morgan fingerprint density at radius 2 is 1.07 bits per heavy atom. The summed E-state index contributed by atoms with van der Waals surface area (Å²) in [5, 5.41) is 6.64. The zero-order valence-electron chi connectivity index (χ0n) is 15.5. The summed E-state index contributed by atoms with van der Waals surface area (Å²) in [4.78, 5) is 0. The molecule has 0 amide bonds. The van der Waals surface area contributed by atoms with Crippen molar-refractivity contribution in [2.45, 2.75) is 0 Å². The Morgan fingerprint density at radius 1 is 0.517 bits per heavy atom. The van der Waals surface area contributed by atoms with E-state index in [2.05, 4.69) is 82.4 Å². The van der Waals surface area contributed by atoms with E-state index in [1.54, 1.807) is 0 Å². The van der Waals surface area contributed by atoms with Gasteiger partial charge >= 0.3 is 0 Å². The minimum atomic E-state index is 0.988. The molecule has 29 heavy (non-hydrogen) atoms. The van der Waals surface area contributed by atoms with Gasteiger partial charge in [-0.2, -0.15) is 0 Å². The SMILES string of the molecule is C1=c2c(ccc3c2=Cc2ccccc2-3)-c2ccccc21.c1ccc2snnc2c1. The van der Waals surface area contributed by atoms with Crippen LogP contribution in [0.2, 0.25) is 0 Å². The van der Waals surface area contributed by atoms with Crippen LogP contribution in [0.4, 0.5) is 0 Å². The maximum absolute atomic E-state index is 3.89. The fourth-order valence-electron chi connectivity index (χ4n) is 4.19. The highest BCUT2D eigenvalue weighted by Crippen LogP contribution is 2.30. The van der Waals surface area contributed by atoms with E-state index in [1.165, 1.54) is 55.4 Å². The lowest BCUT2D eigenvalue weighted by atomic mass is 10.0. The molecule has 0 atom stereocenters. The van der Waals surface area contributed by atoms with Crippen LogP contribution in [0, 0.1) is 0 Å². The lowest BCUT2D eigenvalue weighted by molar-refractivity contribution is 1.20. The summed E-state index contributed by atoms with van der Waals surface area (Å²) in [5.74, 6) is 0. The quantitative estimate of drug-likeness (QED) is 0.366. The largest absolute Gasteiger partial charge is 0.138 e. The van der Waals surface area contributed by atoms with Crippen LogP contribution in [0.25, 0.3) is 44.6 Å². The molecule has 2 nitrogen and oxygen atoms in total. The normalized spacial score (nSPS) is 12.0. The Labute approximate surface area is 172 Å². The molecule has 136 valence electrons. The molecular weight excluding hydrogens is 372 g/mol. The van der Waals surface area contributed by atoms with Gasteiger partial charge in [0.15, 0.2) is 0 Å². The van der Waals surface area contributed by atoms with Gasteiger partial charge in [-0.15, -0.1) is 5.10 Å². The van der Waals surface area contributed by atoms with Crippen molar-refractivity contribution in [3.8, 4) is 22.3 Å². The fraction of sp³-hybridized carbons (Fsp3) is 0. The third-order valence-electron chi connectivity index (χ3n) is 5.54. The predicted molar refractivity (Wildman–Crippen MR) is 121 cm³/mol. The lowest BCUT2D eigenvalue weighted by Gasteiger charge is -2.03. The number of rotatable bonds is 0. The van der Waals surface area contributed by atoms with E-state index in [9.17, 15) is 0 Å². The molecule has 3 heteroatoms. The van der Waals surface area contributed by atoms with Crippen molar-refractivity contribution in [3.05, 3.63) is 106 Å². The first-order chi connectivity index (χ1) is 14.4. The van der Waals surface area contributed by atoms with E-state index in [0.717, 1.165) is 10.2 Å². The Balaban J connectivity index is 0.000000154. The maximum Gasteiger partial charge on any atom is 0.105 e. The Kier molecular flexibility index (Phi) is 3.68. The summed E-state index contributed by atoms with van der Waals surface area (Å²) in [7, 11) is 0. The molecule has 2 aliphatic carbocycles. The van der Waals surface area contributed by atoms with E-state index < -0.39 is 0 Å². The number of benzene rings is 4. The van der Waals surface area contributed by atoms with E-state index in [4.69, 9.17) is 0 Å². The van der Waals surface area contributed by atoms with E-state index in [0.29, 0.717) is 0 Å². The van der Waals surface area contributed by atoms with Gasteiger partial charge in [-0.25, -0.2) is 0 Å². The molecule has 2 aliphatic rings. The second-order valence-corrected chi connectivity index (χ2v) is 7.98. The molecular formula is C26H16N2S. The van der Waals surface area contributed by atoms with Crippen LogP contribution in [0.5, 0.6) is 0 Å². The number of nitrogens with zero attached hydrogens (tertiary/aromatic N) is 2. The number of aromatic nitrogens is 2. The number of hydrogen-bond donors (Lipinski definition) is 0. The molecule has 0 saturated carbocycles. The van der Waals surface area contributed by atoms with Crippen LogP contribution in [0.3, 0.4) is 0 Å². The number of fused-ring (bicyclic) bond motifs is 8. The molecule has 0 spiro atoms. The smallest absolute Gasteiger partial charge is 0.105 e. The molecule has 5 aromatic rings. The average molecular weight is 388 g/mol. The minimum absolute atomic E-state index is 0.988. The summed E-state index contributed by atoms with van der Waals surface area (Å²) in [6.45, 7) is 0. The van der Waals surface area contributed by atoms with Crippen molar-refractivity contribution >= 4 is 33.9 Å². The van der Waals surface area contributed by atoms with Crippen LogP contribution in [-0.2, 0) is 0 Å². The highest BCUT2D eigenvalue weighted by molar-refractivity contribution is 7.12. The molecule has 7 rings (SSSR count).